The van der Waals surface area contributed by atoms with Crippen LogP contribution in [0, 0.1) is 17.5 Å². The fourth-order valence-electron chi connectivity index (χ4n) is 2.19. The van der Waals surface area contributed by atoms with Gasteiger partial charge in [-0.3, -0.25) is 0 Å². The zero-order chi connectivity index (χ0) is 14.0. The van der Waals surface area contributed by atoms with E-state index in [0.717, 1.165) is 18.2 Å². The van der Waals surface area contributed by atoms with Crippen LogP contribution in [0.1, 0.15) is 24.5 Å². The van der Waals surface area contributed by atoms with E-state index in [9.17, 15) is 13.2 Å². The van der Waals surface area contributed by atoms with Gasteiger partial charge in [0.15, 0.2) is 0 Å². The highest BCUT2D eigenvalue weighted by atomic mass is 19.1. The van der Waals surface area contributed by atoms with E-state index >= 15 is 0 Å². The van der Waals surface area contributed by atoms with Crippen LogP contribution in [0.3, 0.4) is 0 Å². The summed E-state index contributed by atoms with van der Waals surface area (Å²) in [6.45, 7) is 1.71. The molecule has 0 spiro atoms. The molecular weight excluding hydrogens is 251 g/mol. The molecule has 2 rings (SSSR count). The lowest BCUT2D eigenvalue weighted by Crippen LogP contribution is -2.39. The summed E-state index contributed by atoms with van der Waals surface area (Å²) in [7, 11) is 0. The summed E-state index contributed by atoms with van der Waals surface area (Å²) in [6.07, 6.45) is 0.244. The Labute approximate surface area is 109 Å². The molecule has 0 aliphatic rings. The van der Waals surface area contributed by atoms with Crippen LogP contribution in [-0.2, 0) is 5.54 Å². The minimum atomic E-state index is -1.39. The minimum absolute atomic E-state index is 0.0416. The van der Waals surface area contributed by atoms with Crippen molar-refractivity contribution in [3.8, 4) is 0 Å². The molecule has 0 bridgehead atoms. The third kappa shape index (κ3) is 2.36. The molecule has 19 heavy (non-hydrogen) atoms. The molecule has 0 radical (unpaired) electrons. The Morgan fingerprint density at radius 3 is 2.21 bits per heavy atom. The number of halogens is 3. The zero-order valence-electron chi connectivity index (χ0n) is 10.5. The van der Waals surface area contributed by atoms with Crippen molar-refractivity contribution in [1.29, 1.82) is 0 Å². The fourth-order valence-corrected chi connectivity index (χ4v) is 2.19. The maximum Gasteiger partial charge on any atom is 0.128 e. The fraction of sp³-hybridized carbons (Fsp3) is 0.200. The Kier molecular flexibility index (Phi) is 3.62. The highest BCUT2D eigenvalue weighted by Crippen LogP contribution is 2.33. The van der Waals surface area contributed by atoms with Crippen molar-refractivity contribution in [3.05, 3.63) is 71.0 Å². The first kappa shape index (κ1) is 13.6. The molecule has 1 unspecified atom stereocenters. The van der Waals surface area contributed by atoms with Gasteiger partial charge in [0, 0.05) is 11.1 Å². The molecule has 0 amide bonds. The predicted octanol–water partition coefficient (Wildman–Crippen LogP) is 3.72. The smallest absolute Gasteiger partial charge is 0.128 e. The van der Waals surface area contributed by atoms with Crippen LogP contribution >= 0.6 is 0 Å². The Morgan fingerprint density at radius 2 is 1.58 bits per heavy atom. The van der Waals surface area contributed by atoms with Gasteiger partial charge in [0.25, 0.3) is 0 Å². The number of rotatable bonds is 3. The molecule has 2 N–H and O–H groups in total. The van der Waals surface area contributed by atoms with E-state index in [1.54, 1.807) is 13.0 Å². The van der Waals surface area contributed by atoms with Gasteiger partial charge in [0.05, 0.1) is 5.54 Å². The molecule has 0 aliphatic carbocycles. The lowest BCUT2D eigenvalue weighted by Gasteiger charge is -2.30. The van der Waals surface area contributed by atoms with Gasteiger partial charge < -0.3 is 5.73 Å². The normalized spacial score (nSPS) is 14.2. The average molecular weight is 265 g/mol. The second-order valence-electron chi connectivity index (χ2n) is 4.43. The van der Waals surface area contributed by atoms with Crippen molar-refractivity contribution in [2.24, 2.45) is 5.73 Å². The van der Waals surface area contributed by atoms with Crippen LogP contribution in [0.15, 0.2) is 42.5 Å². The minimum Gasteiger partial charge on any atom is -0.318 e. The number of hydrogen-bond acceptors (Lipinski definition) is 1. The molecule has 1 nitrogen and oxygen atoms in total. The molecule has 2 aromatic rings. The standard InChI is InChI=1S/C15H14F3N/c1-2-15(19,11-5-3-4-6-13(11)17)12-9-10(16)7-8-14(12)18/h3-9H,2,19H2,1H3. The van der Waals surface area contributed by atoms with Crippen molar-refractivity contribution in [3.63, 3.8) is 0 Å². The molecule has 0 aromatic heterocycles. The molecule has 2 aromatic carbocycles. The van der Waals surface area contributed by atoms with Gasteiger partial charge >= 0.3 is 0 Å². The van der Waals surface area contributed by atoms with E-state index in [0.29, 0.717) is 0 Å². The lowest BCUT2D eigenvalue weighted by atomic mass is 9.81. The van der Waals surface area contributed by atoms with Gasteiger partial charge in [0.2, 0.25) is 0 Å². The van der Waals surface area contributed by atoms with Gasteiger partial charge in [-0.15, -0.1) is 0 Å². The molecule has 0 saturated heterocycles. The highest BCUT2D eigenvalue weighted by molar-refractivity contribution is 5.39. The third-order valence-corrected chi connectivity index (χ3v) is 3.32. The van der Waals surface area contributed by atoms with Crippen LogP contribution in [-0.4, -0.2) is 0 Å². The topological polar surface area (TPSA) is 26.0 Å². The van der Waals surface area contributed by atoms with Crippen molar-refractivity contribution >= 4 is 0 Å². The monoisotopic (exact) mass is 265 g/mol. The summed E-state index contributed by atoms with van der Waals surface area (Å²) in [6, 6.07) is 8.92. The summed E-state index contributed by atoms with van der Waals surface area (Å²) >= 11 is 0. The van der Waals surface area contributed by atoms with Gasteiger partial charge in [0.1, 0.15) is 17.5 Å². The Hall–Kier alpha value is -1.81. The van der Waals surface area contributed by atoms with Gasteiger partial charge in [-0.1, -0.05) is 25.1 Å². The Morgan fingerprint density at radius 1 is 0.947 bits per heavy atom. The van der Waals surface area contributed by atoms with Crippen molar-refractivity contribution in [1.82, 2.24) is 0 Å². The Balaban J connectivity index is 2.66. The molecule has 4 heteroatoms. The van der Waals surface area contributed by atoms with Crippen LogP contribution in [0.2, 0.25) is 0 Å². The summed E-state index contributed by atoms with van der Waals surface area (Å²) in [5.41, 5.74) is 4.89. The van der Waals surface area contributed by atoms with Crippen LogP contribution in [0.4, 0.5) is 13.2 Å². The summed E-state index contributed by atoms with van der Waals surface area (Å²) < 4.78 is 41.1. The average Bonchev–Trinajstić information content (AvgIpc) is 2.41. The first-order valence-corrected chi connectivity index (χ1v) is 5.98. The van der Waals surface area contributed by atoms with Crippen molar-refractivity contribution in [2.45, 2.75) is 18.9 Å². The summed E-state index contributed by atoms with van der Waals surface area (Å²) in [4.78, 5) is 0. The molecular formula is C15H14F3N. The molecule has 1 atom stereocenters. The summed E-state index contributed by atoms with van der Waals surface area (Å²) in [5, 5.41) is 0. The molecule has 0 fully saturated rings. The van der Waals surface area contributed by atoms with Crippen LogP contribution in [0.5, 0.6) is 0 Å². The van der Waals surface area contributed by atoms with Crippen molar-refractivity contribution < 1.29 is 13.2 Å². The van der Waals surface area contributed by atoms with Crippen molar-refractivity contribution in [2.75, 3.05) is 0 Å². The van der Waals surface area contributed by atoms with E-state index in [1.807, 2.05) is 0 Å². The van der Waals surface area contributed by atoms with E-state index in [4.69, 9.17) is 5.73 Å². The highest BCUT2D eigenvalue weighted by Gasteiger charge is 2.33. The van der Waals surface area contributed by atoms with Gasteiger partial charge in [-0.25, -0.2) is 13.2 Å². The maximum absolute atomic E-state index is 13.9. The van der Waals surface area contributed by atoms with Gasteiger partial charge in [-0.2, -0.15) is 0 Å². The van der Waals surface area contributed by atoms with E-state index in [-0.39, 0.29) is 17.5 Å². The number of benzene rings is 2. The number of hydrogen-bond donors (Lipinski definition) is 1. The van der Waals surface area contributed by atoms with E-state index < -0.39 is 23.0 Å². The molecule has 100 valence electrons. The first-order valence-electron chi connectivity index (χ1n) is 5.98. The lowest BCUT2D eigenvalue weighted by molar-refractivity contribution is 0.449. The van der Waals surface area contributed by atoms with E-state index in [1.165, 1.54) is 18.2 Å². The molecule has 0 saturated carbocycles. The van der Waals surface area contributed by atoms with Crippen LogP contribution in [0.25, 0.3) is 0 Å². The molecule has 0 aliphatic heterocycles. The Bertz CT molecular complexity index is 598. The second kappa shape index (κ2) is 5.05. The number of nitrogens with two attached hydrogens (primary N) is 1. The first-order chi connectivity index (χ1) is 8.99. The predicted molar refractivity (Wildman–Crippen MR) is 68.0 cm³/mol. The maximum atomic E-state index is 13.9. The van der Waals surface area contributed by atoms with E-state index in [2.05, 4.69) is 0 Å². The van der Waals surface area contributed by atoms with Crippen LogP contribution < -0.4 is 5.73 Å². The quantitative estimate of drug-likeness (QED) is 0.899. The van der Waals surface area contributed by atoms with Gasteiger partial charge in [-0.05, 0) is 30.7 Å². The molecule has 0 heterocycles. The zero-order valence-corrected chi connectivity index (χ0v) is 10.5. The summed E-state index contributed by atoms with van der Waals surface area (Å²) in [5.74, 6) is -1.78. The third-order valence-electron chi connectivity index (χ3n) is 3.32. The largest absolute Gasteiger partial charge is 0.318 e. The second-order valence-corrected chi connectivity index (χ2v) is 4.43. The SMILES string of the molecule is CCC(N)(c1ccccc1F)c1cc(F)ccc1F.